The second-order valence-electron chi connectivity index (χ2n) is 2.65. The molecule has 0 saturated carbocycles. The van der Waals surface area contributed by atoms with Gasteiger partial charge in [-0.25, -0.2) is 4.98 Å². The van der Waals surface area contributed by atoms with Crippen molar-refractivity contribution in [3.8, 4) is 17.6 Å². The Kier molecular flexibility index (Phi) is 5.95. The summed E-state index contributed by atoms with van der Waals surface area (Å²) in [7, 11) is 1.58. The highest BCUT2D eigenvalue weighted by Gasteiger charge is 2.06. The fourth-order valence-corrected chi connectivity index (χ4v) is 1.64. The first-order valence-electron chi connectivity index (χ1n) is 4.20. The average molecular weight is 368 g/mol. The molecule has 0 saturated heterocycles. The van der Waals surface area contributed by atoms with Crippen LogP contribution in [0.4, 0.5) is 0 Å². The fraction of sp³-hybridized carbons (Fsp3) is 0.200. The number of halogens is 2. The van der Waals surface area contributed by atoms with Crippen LogP contribution in [0.25, 0.3) is 0 Å². The van der Waals surface area contributed by atoms with E-state index in [1.807, 2.05) is 0 Å². The lowest BCUT2D eigenvalue weighted by Crippen LogP contribution is -2.04. The van der Waals surface area contributed by atoms with Crippen LogP contribution in [0.3, 0.4) is 0 Å². The van der Waals surface area contributed by atoms with E-state index < -0.39 is 5.97 Å². The van der Waals surface area contributed by atoms with Crippen molar-refractivity contribution in [1.29, 1.82) is 0 Å². The van der Waals surface area contributed by atoms with E-state index in [1.165, 1.54) is 19.2 Å². The van der Waals surface area contributed by atoms with Crippen molar-refractivity contribution in [3.05, 3.63) is 23.0 Å². The number of hydrogen-bond donors (Lipinski definition) is 0. The number of ether oxygens (including phenoxy) is 1. The van der Waals surface area contributed by atoms with E-state index in [2.05, 4.69) is 38.0 Å². The average Bonchev–Trinajstić information content (AvgIpc) is 2.20. The molecule has 0 spiro atoms. The van der Waals surface area contributed by atoms with Crippen molar-refractivity contribution >= 4 is 47.7 Å². The van der Waals surface area contributed by atoms with Crippen LogP contribution < -0.4 is 4.74 Å². The Hall–Kier alpha value is -0.450. The lowest BCUT2D eigenvalue weighted by Gasteiger charge is -2.03. The summed E-state index contributed by atoms with van der Waals surface area (Å²) >= 11 is 7.91. The lowest BCUT2D eigenvalue weighted by atomic mass is 10.3. The smallest absolute Gasteiger partial charge is 0.308 e. The van der Waals surface area contributed by atoms with Gasteiger partial charge in [-0.1, -0.05) is 26.5 Å². The molecule has 1 heterocycles. The van der Waals surface area contributed by atoms with E-state index in [0.29, 0.717) is 22.2 Å². The van der Waals surface area contributed by atoms with Crippen LogP contribution in [0.2, 0.25) is 5.02 Å². The van der Waals surface area contributed by atoms with Crippen molar-refractivity contribution in [2.24, 2.45) is 0 Å². The number of aromatic nitrogens is 1. The second kappa shape index (κ2) is 6.99. The van der Waals surface area contributed by atoms with Crippen LogP contribution in [0.5, 0.6) is 5.75 Å². The van der Waals surface area contributed by atoms with Crippen molar-refractivity contribution in [2.45, 2.75) is 6.92 Å². The Balaban J connectivity index is 2.99. The summed E-state index contributed by atoms with van der Waals surface area (Å²) in [5, 5.41) is 0.407. The molecule has 16 heavy (non-hydrogen) atoms. The molecule has 0 amide bonds. The predicted molar refractivity (Wildman–Crippen MR) is 73.9 cm³/mol. The molecule has 0 bridgehead atoms. The van der Waals surface area contributed by atoms with Gasteiger partial charge in [0, 0.05) is 19.2 Å². The van der Waals surface area contributed by atoms with Crippen LogP contribution in [0, 0.1) is 11.8 Å². The minimum Gasteiger partial charge on any atom is -0.424 e. The van der Waals surface area contributed by atoms with Gasteiger partial charge in [-0.2, -0.15) is 0 Å². The van der Waals surface area contributed by atoms with E-state index in [-0.39, 0.29) is 0 Å². The van der Waals surface area contributed by atoms with Crippen LogP contribution in [-0.4, -0.2) is 16.7 Å². The molecule has 0 aromatic carbocycles. The summed E-state index contributed by atoms with van der Waals surface area (Å²) in [6, 6.07) is 1.52. The standard InChI is InChI=1S/C10H7ClINO2S/c1-7(14)15-10-5-8(11)6-13-9(10)3-2-4-16-12/h5-6H,4H2,1H3. The van der Waals surface area contributed by atoms with E-state index >= 15 is 0 Å². The highest BCUT2D eigenvalue weighted by molar-refractivity contribution is 14.2. The topological polar surface area (TPSA) is 39.2 Å². The van der Waals surface area contributed by atoms with E-state index in [4.69, 9.17) is 16.3 Å². The maximum atomic E-state index is 10.9. The van der Waals surface area contributed by atoms with Crippen LogP contribution >= 0.6 is 41.7 Å². The normalized spacial score (nSPS) is 9.19. The molecule has 0 aliphatic rings. The minimum absolute atomic E-state index is 0.297. The Morgan fingerprint density at radius 2 is 2.50 bits per heavy atom. The number of carbonyl (C=O) groups excluding carboxylic acids is 1. The van der Waals surface area contributed by atoms with Crippen molar-refractivity contribution < 1.29 is 9.53 Å². The number of hydrogen-bond acceptors (Lipinski definition) is 4. The SMILES string of the molecule is CC(=O)Oc1cc(Cl)cnc1C#CCSI. The monoisotopic (exact) mass is 367 g/mol. The molecular weight excluding hydrogens is 361 g/mol. The van der Waals surface area contributed by atoms with Gasteiger partial charge in [0.2, 0.25) is 0 Å². The zero-order valence-electron chi connectivity index (χ0n) is 8.29. The van der Waals surface area contributed by atoms with Gasteiger partial charge in [0.05, 0.1) is 10.8 Å². The minimum atomic E-state index is -0.421. The fourth-order valence-electron chi connectivity index (χ4n) is 0.894. The first kappa shape index (κ1) is 13.6. The largest absolute Gasteiger partial charge is 0.424 e. The summed E-state index contributed by atoms with van der Waals surface area (Å²) in [6.45, 7) is 1.32. The highest BCUT2D eigenvalue weighted by atomic mass is 127. The first-order chi connectivity index (χ1) is 7.63. The van der Waals surface area contributed by atoms with Crippen molar-refractivity contribution in [2.75, 3.05) is 5.75 Å². The van der Waals surface area contributed by atoms with Gasteiger partial charge < -0.3 is 4.74 Å². The summed E-state index contributed by atoms with van der Waals surface area (Å²) < 4.78 is 4.96. The Labute approximate surface area is 115 Å². The van der Waals surface area contributed by atoms with Gasteiger partial charge in [0.15, 0.2) is 11.4 Å². The van der Waals surface area contributed by atoms with E-state index in [0.717, 1.165) is 0 Å². The van der Waals surface area contributed by atoms with E-state index in [9.17, 15) is 4.79 Å². The third kappa shape index (κ3) is 4.60. The zero-order chi connectivity index (χ0) is 12.0. The molecule has 0 unspecified atom stereocenters. The molecule has 1 aromatic rings. The van der Waals surface area contributed by atoms with Crippen LogP contribution in [0.1, 0.15) is 12.6 Å². The lowest BCUT2D eigenvalue weighted by molar-refractivity contribution is -0.131. The molecule has 0 aliphatic carbocycles. The third-order valence-corrected chi connectivity index (χ3v) is 2.80. The Morgan fingerprint density at radius 1 is 1.75 bits per heavy atom. The maximum Gasteiger partial charge on any atom is 0.308 e. The molecule has 0 aliphatic heterocycles. The maximum absolute atomic E-state index is 10.9. The van der Waals surface area contributed by atoms with Gasteiger partial charge in [-0.05, 0) is 27.1 Å². The molecule has 0 fully saturated rings. The summed E-state index contributed by atoms with van der Waals surface area (Å²) in [4.78, 5) is 14.9. The van der Waals surface area contributed by atoms with Crippen molar-refractivity contribution in [3.63, 3.8) is 0 Å². The van der Waals surface area contributed by atoms with Gasteiger partial charge >= 0.3 is 5.97 Å². The predicted octanol–water partition coefficient (Wildman–Crippen LogP) is 3.10. The second-order valence-corrected chi connectivity index (χ2v) is 5.46. The van der Waals surface area contributed by atoms with Gasteiger partial charge in [-0.15, -0.1) is 0 Å². The number of esters is 1. The molecule has 0 N–H and O–H groups in total. The molecular formula is C10H7ClINO2S. The molecule has 84 valence electrons. The molecule has 3 nitrogen and oxygen atoms in total. The third-order valence-electron chi connectivity index (χ3n) is 1.41. The molecule has 0 radical (unpaired) electrons. The Bertz CT molecular complexity index is 456. The van der Waals surface area contributed by atoms with Gasteiger partial charge in [0.25, 0.3) is 0 Å². The quantitative estimate of drug-likeness (QED) is 0.457. The summed E-state index contributed by atoms with van der Waals surface area (Å²) in [5.74, 6) is 6.28. The summed E-state index contributed by atoms with van der Waals surface area (Å²) in [6.07, 6.45) is 1.47. The first-order valence-corrected chi connectivity index (χ1v) is 8.10. The number of rotatable bonds is 2. The highest BCUT2D eigenvalue weighted by Crippen LogP contribution is 2.20. The molecule has 1 rings (SSSR count). The van der Waals surface area contributed by atoms with Gasteiger partial charge in [-0.3, -0.25) is 4.79 Å². The Morgan fingerprint density at radius 3 is 3.12 bits per heavy atom. The molecule has 1 aromatic heterocycles. The number of nitrogens with zero attached hydrogens (tertiary/aromatic N) is 1. The number of carbonyl (C=O) groups is 1. The van der Waals surface area contributed by atoms with Crippen molar-refractivity contribution in [1.82, 2.24) is 4.98 Å². The van der Waals surface area contributed by atoms with Crippen LogP contribution in [-0.2, 0) is 4.79 Å². The molecule has 6 heteroatoms. The van der Waals surface area contributed by atoms with Gasteiger partial charge in [0.1, 0.15) is 0 Å². The number of pyridine rings is 1. The zero-order valence-corrected chi connectivity index (χ0v) is 12.0. The van der Waals surface area contributed by atoms with E-state index in [1.54, 1.807) is 8.93 Å². The summed E-state index contributed by atoms with van der Waals surface area (Å²) in [5.41, 5.74) is 0.421. The van der Waals surface area contributed by atoms with Crippen LogP contribution in [0.15, 0.2) is 12.3 Å². The molecule has 0 atom stereocenters.